The van der Waals surface area contributed by atoms with E-state index in [1.807, 2.05) is 18.7 Å². The second-order valence-corrected chi connectivity index (χ2v) is 4.44. The van der Waals surface area contributed by atoms with E-state index in [1.165, 1.54) is 0 Å². The Bertz CT molecular complexity index is 235. The van der Waals surface area contributed by atoms with Crippen LogP contribution in [-0.4, -0.2) is 35.5 Å². The van der Waals surface area contributed by atoms with E-state index in [-0.39, 0.29) is 5.91 Å². The Hall–Kier alpha value is -0.830. The third-order valence-corrected chi connectivity index (χ3v) is 2.78. The number of nitrogens with one attached hydrogen (secondary N) is 1. The van der Waals surface area contributed by atoms with Crippen molar-refractivity contribution in [1.82, 2.24) is 10.2 Å². The molecule has 1 aliphatic heterocycles. The molecule has 1 saturated heterocycles. The van der Waals surface area contributed by atoms with E-state index in [9.17, 15) is 4.79 Å². The first-order valence-electron chi connectivity index (χ1n) is 5.16. The molecule has 1 heterocycles. The number of carbonyl (C=O) groups is 1. The first-order valence-corrected chi connectivity index (χ1v) is 5.16. The summed E-state index contributed by atoms with van der Waals surface area (Å²) in [5.74, 6) is 0.169. The van der Waals surface area contributed by atoms with Crippen LogP contribution < -0.4 is 5.32 Å². The fourth-order valence-corrected chi connectivity index (χ4v) is 1.79. The highest BCUT2D eigenvalue weighted by Gasteiger charge is 2.35. The minimum absolute atomic E-state index is 0.169. The van der Waals surface area contributed by atoms with Crippen LogP contribution in [0.5, 0.6) is 0 Å². The Balaban J connectivity index is 2.86. The number of hydrogen-bond acceptors (Lipinski definition) is 2. The fourth-order valence-electron chi connectivity index (χ4n) is 1.79. The van der Waals surface area contributed by atoms with Gasteiger partial charge in [0.2, 0.25) is 5.91 Å². The van der Waals surface area contributed by atoms with Crippen LogP contribution in [0.25, 0.3) is 0 Å². The van der Waals surface area contributed by atoms with Gasteiger partial charge in [-0.2, -0.15) is 0 Å². The summed E-state index contributed by atoms with van der Waals surface area (Å²) in [5.41, 5.74) is -0.437. The highest BCUT2D eigenvalue weighted by Crippen LogP contribution is 2.16. The van der Waals surface area contributed by atoms with Crippen molar-refractivity contribution in [2.75, 3.05) is 13.1 Å². The molecule has 1 unspecified atom stereocenters. The molecule has 1 aliphatic rings. The summed E-state index contributed by atoms with van der Waals surface area (Å²) in [6.07, 6.45) is 2.79. The van der Waals surface area contributed by atoms with Gasteiger partial charge in [-0.25, -0.2) is 0 Å². The largest absolute Gasteiger partial charge is 0.335 e. The Morgan fingerprint density at radius 3 is 2.93 bits per heavy atom. The Morgan fingerprint density at radius 2 is 2.36 bits per heavy atom. The molecular weight excluding hydrogens is 176 g/mol. The van der Waals surface area contributed by atoms with Gasteiger partial charge in [-0.05, 0) is 33.7 Å². The maximum Gasteiger partial charge on any atom is 0.242 e. The molecule has 1 N–H and O–H groups in total. The van der Waals surface area contributed by atoms with Crippen molar-refractivity contribution in [1.29, 1.82) is 0 Å². The SMILES string of the molecule is C=CCN1C(=O)C(C)(C)NCCC1C. The third-order valence-electron chi connectivity index (χ3n) is 2.78. The topological polar surface area (TPSA) is 32.3 Å². The lowest BCUT2D eigenvalue weighted by Crippen LogP contribution is -2.52. The van der Waals surface area contributed by atoms with Gasteiger partial charge in [0.15, 0.2) is 0 Å². The minimum atomic E-state index is -0.437. The number of hydrogen-bond donors (Lipinski definition) is 1. The van der Waals surface area contributed by atoms with Crippen LogP contribution in [0.15, 0.2) is 12.7 Å². The zero-order chi connectivity index (χ0) is 10.8. The first-order chi connectivity index (χ1) is 6.49. The summed E-state index contributed by atoms with van der Waals surface area (Å²) < 4.78 is 0. The highest BCUT2D eigenvalue weighted by atomic mass is 16.2. The minimum Gasteiger partial charge on any atom is -0.335 e. The van der Waals surface area contributed by atoms with E-state index >= 15 is 0 Å². The van der Waals surface area contributed by atoms with Crippen molar-refractivity contribution < 1.29 is 4.79 Å². The molecule has 0 aromatic carbocycles. The summed E-state index contributed by atoms with van der Waals surface area (Å²) >= 11 is 0. The van der Waals surface area contributed by atoms with Crippen molar-refractivity contribution >= 4 is 5.91 Å². The quantitative estimate of drug-likeness (QED) is 0.672. The van der Waals surface area contributed by atoms with E-state index < -0.39 is 5.54 Å². The molecule has 0 bridgehead atoms. The molecule has 3 heteroatoms. The molecule has 1 atom stereocenters. The summed E-state index contributed by atoms with van der Waals surface area (Å²) in [4.78, 5) is 14.0. The Kier molecular flexibility index (Phi) is 3.32. The monoisotopic (exact) mass is 196 g/mol. The van der Waals surface area contributed by atoms with Crippen LogP contribution in [0, 0.1) is 0 Å². The van der Waals surface area contributed by atoms with E-state index in [1.54, 1.807) is 6.08 Å². The molecule has 0 radical (unpaired) electrons. The highest BCUT2D eigenvalue weighted by molar-refractivity contribution is 5.86. The predicted octanol–water partition coefficient (Wildman–Crippen LogP) is 1.16. The predicted molar refractivity (Wildman–Crippen MR) is 58.1 cm³/mol. The first kappa shape index (κ1) is 11.2. The molecular formula is C11H20N2O. The van der Waals surface area contributed by atoms with Crippen molar-refractivity contribution in [3.05, 3.63) is 12.7 Å². The van der Waals surface area contributed by atoms with E-state index in [2.05, 4.69) is 18.8 Å². The molecule has 0 aromatic rings. The Labute approximate surface area is 86.2 Å². The summed E-state index contributed by atoms with van der Waals surface area (Å²) in [6.45, 7) is 11.2. The smallest absolute Gasteiger partial charge is 0.242 e. The van der Waals surface area contributed by atoms with E-state index in [0.29, 0.717) is 12.6 Å². The van der Waals surface area contributed by atoms with Crippen LogP contribution >= 0.6 is 0 Å². The van der Waals surface area contributed by atoms with Gasteiger partial charge in [0.25, 0.3) is 0 Å². The molecule has 3 nitrogen and oxygen atoms in total. The van der Waals surface area contributed by atoms with Crippen LogP contribution in [0.1, 0.15) is 27.2 Å². The van der Waals surface area contributed by atoms with Gasteiger partial charge in [-0.3, -0.25) is 4.79 Å². The third kappa shape index (κ3) is 2.15. The van der Waals surface area contributed by atoms with Gasteiger partial charge < -0.3 is 10.2 Å². The van der Waals surface area contributed by atoms with Crippen LogP contribution in [0.2, 0.25) is 0 Å². The van der Waals surface area contributed by atoms with Crippen molar-refractivity contribution in [3.63, 3.8) is 0 Å². The van der Waals surface area contributed by atoms with Crippen molar-refractivity contribution in [2.24, 2.45) is 0 Å². The zero-order valence-electron chi connectivity index (χ0n) is 9.34. The molecule has 1 amide bonds. The Morgan fingerprint density at radius 1 is 1.71 bits per heavy atom. The number of nitrogens with zero attached hydrogens (tertiary/aromatic N) is 1. The van der Waals surface area contributed by atoms with Crippen LogP contribution in [-0.2, 0) is 4.79 Å². The number of carbonyl (C=O) groups excluding carboxylic acids is 1. The van der Waals surface area contributed by atoms with Crippen LogP contribution in [0.3, 0.4) is 0 Å². The normalized spacial score (nSPS) is 27.2. The lowest BCUT2D eigenvalue weighted by Gasteiger charge is -2.31. The molecule has 0 aromatic heterocycles. The lowest BCUT2D eigenvalue weighted by atomic mass is 10.0. The zero-order valence-corrected chi connectivity index (χ0v) is 9.34. The van der Waals surface area contributed by atoms with Gasteiger partial charge in [-0.1, -0.05) is 6.08 Å². The maximum atomic E-state index is 12.1. The molecule has 0 spiro atoms. The maximum absolute atomic E-state index is 12.1. The molecule has 1 fully saturated rings. The molecule has 0 aliphatic carbocycles. The van der Waals surface area contributed by atoms with Crippen molar-refractivity contribution in [3.8, 4) is 0 Å². The summed E-state index contributed by atoms with van der Waals surface area (Å²) in [6, 6.07) is 0.301. The van der Waals surface area contributed by atoms with Gasteiger partial charge in [0, 0.05) is 12.6 Å². The second-order valence-electron chi connectivity index (χ2n) is 4.44. The van der Waals surface area contributed by atoms with Crippen molar-refractivity contribution in [2.45, 2.75) is 38.8 Å². The number of rotatable bonds is 2. The molecule has 14 heavy (non-hydrogen) atoms. The van der Waals surface area contributed by atoms with Gasteiger partial charge >= 0.3 is 0 Å². The summed E-state index contributed by atoms with van der Waals surface area (Å²) in [7, 11) is 0. The van der Waals surface area contributed by atoms with Gasteiger partial charge in [-0.15, -0.1) is 6.58 Å². The van der Waals surface area contributed by atoms with Gasteiger partial charge in [0.05, 0.1) is 5.54 Å². The fraction of sp³-hybridized carbons (Fsp3) is 0.727. The van der Waals surface area contributed by atoms with E-state index in [0.717, 1.165) is 13.0 Å². The summed E-state index contributed by atoms with van der Waals surface area (Å²) in [5, 5.41) is 3.26. The standard InChI is InChI=1S/C11H20N2O/c1-5-8-13-9(2)6-7-12-11(3,4)10(13)14/h5,9,12H,1,6-8H2,2-4H3. The molecule has 80 valence electrons. The molecule has 0 saturated carbocycles. The van der Waals surface area contributed by atoms with Crippen LogP contribution in [0.4, 0.5) is 0 Å². The van der Waals surface area contributed by atoms with Gasteiger partial charge in [0.1, 0.15) is 0 Å². The average Bonchev–Trinajstić information content (AvgIpc) is 2.19. The molecule has 1 rings (SSSR count). The van der Waals surface area contributed by atoms with E-state index in [4.69, 9.17) is 0 Å². The second kappa shape index (κ2) is 4.13. The average molecular weight is 196 g/mol. The lowest BCUT2D eigenvalue weighted by molar-refractivity contribution is -0.137. The number of amides is 1.